The number of hydrogen-bond donors (Lipinski definition) is 1. The number of nitriles is 1. The first kappa shape index (κ1) is 24.2. The minimum absolute atomic E-state index is 0.202. The first-order valence-corrected chi connectivity index (χ1v) is 11.0. The highest BCUT2D eigenvalue weighted by Gasteiger charge is 2.17. The van der Waals surface area contributed by atoms with Gasteiger partial charge in [-0.2, -0.15) is 15.0 Å². The van der Waals surface area contributed by atoms with Crippen LogP contribution in [0.15, 0.2) is 54.7 Å². The quantitative estimate of drug-likeness (QED) is 0.245. The van der Waals surface area contributed by atoms with E-state index in [2.05, 4.69) is 16.5 Å². The summed E-state index contributed by atoms with van der Waals surface area (Å²) in [6.45, 7) is 5.25. The Balaban J connectivity index is 1.62. The lowest BCUT2D eigenvalue weighted by Crippen LogP contribution is -2.14. The molecule has 2 aromatic heterocycles. The monoisotopic (exact) mass is 481 g/mol. The molecule has 0 atom stereocenters. The van der Waals surface area contributed by atoms with Crippen molar-refractivity contribution < 1.29 is 19.1 Å². The molecule has 9 nitrogen and oxygen atoms in total. The van der Waals surface area contributed by atoms with E-state index >= 15 is 0 Å². The maximum Gasteiger partial charge on any atom is 0.308 e. The Bertz CT molecular complexity index is 1560. The van der Waals surface area contributed by atoms with Crippen molar-refractivity contribution in [3.63, 3.8) is 0 Å². The number of benzene rings is 2. The number of aryl methyl sites for hydroxylation is 2. The van der Waals surface area contributed by atoms with E-state index in [0.717, 1.165) is 22.0 Å². The van der Waals surface area contributed by atoms with Gasteiger partial charge in [0, 0.05) is 18.4 Å². The number of ether oxygens (including phenoxy) is 2. The smallest absolute Gasteiger partial charge is 0.308 e. The maximum atomic E-state index is 12.8. The Morgan fingerprint density at radius 2 is 1.92 bits per heavy atom. The van der Waals surface area contributed by atoms with Crippen molar-refractivity contribution in [3.05, 3.63) is 77.0 Å². The van der Waals surface area contributed by atoms with E-state index in [0.29, 0.717) is 17.1 Å². The second-order valence-corrected chi connectivity index (χ2v) is 8.03. The highest BCUT2D eigenvalue weighted by atomic mass is 16.6. The molecule has 4 rings (SSSR count). The Kier molecular flexibility index (Phi) is 6.79. The molecule has 0 saturated heterocycles. The van der Waals surface area contributed by atoms with Gasteiger partial charge in [0.2, 0.25) is 5.91 Å². The third-order valence-electron chi connectivity index (χ3n) is 5.45. The average Bonchev–Trinajstić information content (AvgIpc) is 3.26. The number of fused-ring (bicyclic) bond motifs is 1. The Morgan fingerprint density at radius 3 is 2.64 bits per heavy atom. The standard InChI is InChI=1S/C27H23N5O4/c1-16-6-5-7-21-17(2)12-24(30-26(16)21)32-27(20(14-28)15-29-32)31-25(34)11-9-19-8-10-22(36-18(3)33)23(13-19)35-4/h5-13,15H,1-4H3,(H,31,34)/b11-9+. The fourth-order valence-electron chi connectivity index (χ4n) is 3.73. The summed E-state index contributed by atoms with van der Waals surface area (Å²) in [6.07, 6.45) is 4.28. The SMILES string of the molecule is COc1cc(/C=C/C(=O)Nc2c(C#N)cnn2-c2cc(C)c3cccc(C)c3n2)ccc1OC(C)=O. The van der Waals surface area contributed by atoms with Gasteiger partial charge < -0.3 is 14.8 Å². The van der Waals surface area contributed by atoms with Gasteiger partial charge >= 0.3 is 5.97 Å². The van der Waals surface area contributed by atoms with Gasteiger partial charge in [0.15, 0.2) is 23.1 Å². The summed E-state index contributed by atoms with van der Waals surface area (Å²) in [5.74, 6) is 0.404. The molecular formula is C27H23N5O4. The second-order valence-electron chi connectivity index (χ2n) is 8.03. The van der Waals surface area contributed by atoms with Gasteiger partial charge in [-0.1, -0.05) is 24.3 Å². The number of hydrogen-bond acceptors (Lipinski definition) is 7. The fourth-order valence-corrected chi connectivity index (χ4v) is 3.73. The number of esters is 1. The molecule has 0 radical (unpaired) electrons. The van der Waals surface area contributed by atoms with Gasteiger partial charge in [0.05, 0.1) is 18.8 Å². The van der Waals surface area contributed by atoms with Crippen molar-refractivity contribution in [1.29, 1.82) is 5.26 Å². The Morgan fingerprint density at radius 1 is 1.11 bits per heavy atom. The summed E-state index contributed by atoms with van der Waals surface area (Å²) in [6, 6.07) is 14.8. The topological polar surface area (TPSA) is 119 Å². The van der Waals surface area contributed by atoms with Crippen LogP contribution in [0.1, 0.15) is 29.2 Å². The van der Waals surface area contributed by atoms with Gasteiger partial charge in [-0.25, -0.2) is 4.98 Å². The van der Waals surface area contributed by atoms with Crippen molar-refractivity contribution in [2.75, 3.05) is 12.4 Å². The summed E-state index contributed by atoms with van der Waals surface area (Å²) in [4.78, 5) is 28.7. The van der Waals surface area contributed by atoms with Crippen LogP contribution in [0.2, 0.25) is 0 Å². The molecular weight excluding hydrogens is 458 g/mol. The molecule has 2 aromatic carbocycles. The van der Waals surface area contributed by atoms with Crippen molar-refractivity contribution in [3.8, 4) is 23.4 Å². The van der Waals surface area contributed by atoms with E-state index in [1.807, 2.05) is 38.1 Å². The van der Waals surface area contributed by atoms with Crippen LogP contribution in [-0.2, 0) is 9.59 Å². The molecule has 9 heteroatoms. The lowest BCUT2D eigenvalue weighted by molar-refractivity contribution is -0.132. The molecule has 0 aliphatic rings. The largest absolute Gasteiger partial charge is 0.493 e. The van der Waals surface area contributed by atoms with Crippen LogP contribution in [0.5, 0.6) is 11.5 Å². The van der Waals surface area contributed by atoms with Gasteiger partial charge in [-0.3, -0.25) is 9.59 Å². The second kappa shape index (κ2) is 10.1. The average molecular weight is 482 g/mol. The predicted octanol–water partition coefficient (Wildman–Crippen LogP) is 4.49. The van der Waals surface area contributed by atoms with E-state index in [1.165, 1.54) is 31.0 Å². The van der Waals surface area contributed by atoms with Crippen molar-refractivity contribution >= 4 is 34.7 Å². The van der Waals surface area contributed by atoms with Gasteiger partial charge in [0.1, 0.15) is 11.6 Å². The van der Waals surface area contributed by atoms with Crippen LogP contribution >= 0.6 is 0 Å². The van der Waals surface area contributed by atoms with E-state index in [1.54, 1.807) is 24.3 Å². The molecule has 0 saturated carbocycles. The minimum Gasteiger partial charge on any atom is -0.493 e. The van der Waals surface area contributed by atoms with Crippen molar-refractivity contribution in [1.82, 2.24) is 14.8 Å². The van der Waals surface area contributed by atoms with Crippen LogP contribution in [0.3, 0.4) is 0 Å². The fraction of sp³-hybridized carbons (Fsp3) is 0.148. The molecule has 1 amide bonds. The number of carbonyl (C=O) groups excluding carboxylic acids is 2. The molecule has 0 aliphatic heterocycles. The van der Waals surface area contributed by atoms with E-state index in [9.17, 15) is 14.9 Å². The number of para-hydroxylation sites is 1. The molecule has 2 heterocycles. The maximum absolute atomic E-state index is 12.8. The van der Waals surface area contributed by atoms with Crippen LogP contribution in [0.4, 0.5) is 5.82 Å². The first-order chi connectivity index (χ1) is 17.3. The third kappa shape index (κ3) is 4.93. The summed E-state index contributed by atoms with van der Waals surface area (Å²) < 4.78 is 11.8. The number of nitrogens with one attached hydrogen (secondary N) is 1. The van der Waals surface area contributed by atoms with Gasteiger partial charge in [-0.15, -0.1) is 0 Å². The van der Waals surface area contributed by atoms with Crippen molar-refractivity contribution in [2.24, 2.45) is 0 Å². The molecule has 4 aromatic rings. The minimum atomic E-state index is -0.468. The normalized spacial score (nSPS) is 10.9. The zero-order valence-corrected chi connectivity index (χ0v) is 20.2. The molecule has 36 heavy (non-hydrogen) atoms. The van der Waals surface area contributed by atoms with Crippen LogP contribution in [-0.4, -0.2) is 33.8 Å². The summed E-state index contributed by atoms with van der Waals surface area (Å²) in [7, 11) is 1.46. The number of nitrogens with zero attached hydrogens (tertiary/aromatic N) is 4. The lowest BCUT2D eigenvalue weighted by Gasteiger charge is -2.11. The van der Waals surface area contributed by atoms with Gasteiger partial charge in [-0.05, 0) is 54.8 Å². The number of carbonyl (C=O) groups is 2. The molecule has 0 fully saturated rings. The zero-order valence-electron chi connectivity index (χ0n) is 20.2. The summed E-state index contributed by atoms with van der Waals surface area (Å²) >= 11 is 0. The molecule has 0 unspecified atom stereocenters. The van der Waals surface area contributed by atoms with Crippen LogP contribution in [0.25, 0.3) is 22.8 Å². The van der Waals surface area contributed by atoms with E-state index in [4.69, 9.17) is 14.5 Å². The van der Waals surface area contributed by atoms with Crippen LogP contribution < -0.4 is 14.8 Å². The number of amides is 1. The molecule has 0 spiro atoms. The molecule has 180 valence electrons. The molecule has 0 aliphatic carbocycles. The Hall–Kier alpha value is -4.97. The number of pyridine rings is 1. The number of anilines is 1. The van der Waals surface area contributed by atoms with E-state index < -0.39 is 11.9 Å². The third-order valence-corrected chi connectivity index (χ3v) is 5.45. The highest BCUT2D eigenvalue weighted by Crippen LogP contribution is 2.29. The Labute approximate surface area is 207 Å². The summed E-state index contributed by atoms with van der Waals surface area (Å²) in [5.41, 5.74) is 3.68. The molecule has 0 bridgehead atoms. The van der Waals surface area contributed by atoms with Gasteiger partial charge in [0.25, 0.3) is 0 Å². The highest BCUT2D eigenvalue weighted by molar-refractivity contribution is 6.02. The number of rotatable bonds is 6. The lowest BCUT2D eigenvalue weighted by atomic mass is 10.1. The van der Waals surface area contributed by atoms with Crippen LogP contribution in [0, 0.1) is 25.2 Å². The summed E-state index contributed by atoms with van der Waals surface area (Å²) in [5, 5.41) is 17.6. The number of aromatic nitrogens is 3. The molecule has 1 N–H and O–H groups in total. The predicted molar refractivity (Wildman–Crippen MR) is 135 cm³/mol. The zero-order chi connectivity index (χ0) is 25.8. The van der Waals surface area contributed by atoms with Crippen molar-refractivity contribution in [2.45, 2.75) is 20.8 Å². The van der Waals surface area contributed by atoms with E-state index in [-0.39, 0.29) is 17.1 Å². The first-order valence-electron chi connectivity index (χ1n) is 11.0. The number of methoxy groups -OCH3 is 1.